The Balaban J connectivity index is 1.57. The van der Waals surface area contributed by atoms with Crippen molar-refractivity contribution in [2.45, 2.75) is 15.0 Å². The predicted octanol–water partition coefficient (Wildman–Crippen LogP) is 3.51. The highest BCUT2D eigenvalue weighted by Crippen LogP contribution is 2.28. The molecule has 11 heteroatoms. The van der Waals surface area contributed by atoms with Gasteiger partial charge in [0.2, 0.25) is 15.2 Å². The third kappa shape index (κ3) is 5.63. The lowest BCUT2D eigenvalue weighted by atomic mass is 10.1. The summed E-state index contributed by atoms with van der Waals surface area (Å²) in [5.74, 6) is 0.0863. The van der Waals surface area contributed by atoms with E-state index in [1.807, 2.05) is 0 Å². The standard InChI is InChI=1S/C19H19FN4O3S3/c1-24(2)30(26,27)16-5-3-4-14(10-16)17(25)11-21-18-22-23-19(29-18)28-12-13-6-8-15(20)9-7-13/h3-10H,11-12H2,1-2H3,(H,21,22). The van der Waals surface area contributed by atoms with E-state index in [-0.39, 0.29) is 23.0 Å². The highest BCUT2D eigenvalue weighted by atomic mass is 32.2. The molecule has 0 atom stereocenters. The van der Waals surface area contributed by atoms with Crippen molar-refractivity contribution in [3.8, 4) is 0 Å². The second kappa shape index (κ2) is 9.65. The van der Waals surface area contributed by atoms with Gasteiger partial charge in [0.1, 0.15) is 5.82 Å². The van der Waals surface area contributed by atoms with Gasteiger partial charge in [-0.05, 0) is 29.8 Å². The maximum Gasteiger partial charge on any atom is 0.242 e. The number of hydrogen-bond donors (Lipinski definition) is 1. The Morgan fingerprint density at radius 1 is 1.17 bits per heavy atom. The van der Waals surface area contributed by atoms with Crippen LogP contribution in [-0.4, -0.2) is 49.3 Å². The number of ketones is 1. The van der Waals surface area contributed by atoms with Gasteiger partial charge < -0.3 is 5.32 Å². The smallest absolute Gasteiger partial charge is 0.242 e. The number of halogens is 1. The Morgan fingerprint density at radius 3 is 2.60 bits per heavy atom. The average molecular weight is 467 g/mol. The zero-order chi connectivity index (χ0) is 21.7. The van der Waals surface area contributed by atoms with Crippen LogP contribution in [0.25, 0.3) is 0 Å². The molecule has 1 N–H and O–H groups in total. The molecule has 0 aliphatic heterocycles. The van der Waals surface area contributed by atoms with Crippen LogP contribution in [0, 0.1) is 5.82 Å². The number of sulfonamides is 1. The van der Waals surface area contributed by atoms with E-state index in [9.17, 15) is 17.6 Å². The molecule has 158 valence electrons. The van der Waals surface area contributed by atoms with E-state index in [1.165, 1.54) is 61.5 Å². The molecule has 0 bridgehead atoms. The third-order valence-corrected chi connectivity index (χ3v) is 7.91. The number of benzene rings is 2. The summed E-state index contributed by atoms with van der Waals surface area (Å²) in [4.78, 5) is 12.5. The number of Topliss-reactive ketones (excluding diaryl/α,β-unsaturated/α-hetero) is 1. The van der Waals surface area contributed by atoms with Crippen molar-refractivity contribution in [1.29, 1.82) is 0 Å². The van der Waals surface area contributed by atoms with E-state index in [4.69, 9.17) is 0 Å². The van der Waals surface area contributed by atoms with Crippen LogP contribution in [0.1, 0.15) is 15.9 Å². The van der Waals surface area contributed by atoms with Gasteiger partial charge in [-0.2, -0.15) is 0 Å². The minimum atomic E-state index is -3.61. The zero-order valence-corrected chi connectivity index (χ0v) is 18.7. The summed E-state index contributed by atoms with van der Waals surface area (Å²) in [7, 11) is -0.737. The Kier molecular flexibility index (Phi) is 7.19. The molecular weight excluding hydrogens is 447 g/mol. The number of rotatable bonds is 9. The molecule has 0 spiro atoms. The molecule has 30 heavy (non-hydrogen) atoms. The lowest BCUT2D eigenvalue weighted by Crippen LogP contribution is -2.22. The van der Waals surface area contributed by atoms with Gasteiger partial charge in [-0.3, -0.25) is 4.79 Å². The van der Waals surface area contributed by atoms with E-state index in [0.717, 1.165) is 9.87 Å². The van der Waals surface area contributed by atoms with E-state index >= 15 is 0 Å². The molecule has 0 aliphatic rings. The lowest BCUT2D eigenvalue weighted by molar-refractivity contribution is 0.101. The van der Waals surface area contributed by atoms with Crippen molar-refractivity contribution in [2.24, 2.45) is 0 Å². The fraction of sp³-hybridized carbons (Fsp3) is 0.211. The average Bonchev–Trinajstić information content (AvgIpc) is 3.19. The van der Waals surface area contributed by atoms with Crippen molar-refractivity contribution < 1.29 is 17.6 Å². The SMILES string of the molecule is CN(C)S(=O)(=O)c1cccc(C(=O)CNc2nnc(SCc3ccc(F)cc3)s2)c1. The molecule has 0 radical (unpaired) electrons. The molecule has 0 aliphatic carbocycles. The van der Waals surface area contributed by atoms with Crippen LogP contribution < -0.4 is 5.32 Å². The van der Waals surface area contributed by atoms with Crippen molar-refractivity contribution in [1.82, 2.24) is 14.5 Å². The number of hydrogen-bond acceptors (Lipinski definition) is 8. The topological polar surface area (TPSA) is 92.3 Å². The van der Waals surface area contributed by atoms with E-state index in [2.05, 4.69) is 15.5 Å². The molecule has 0 unspecified atom stereocenters. The maximum absolute atomic E-state index is 12.9. The highest BCUT2D eigenvalue weighted by Gasteiger charge is 2.19. The number of nitrogens with zero attached hydrogens (tertiary/aromatic N) is 3. The van der Waals surface area contributed by atoms with Gasteiger partial charge in [-0.25, -0.2) is 17.1 Å². The van der Waals surface area contributed by atoms with Gasteiger partial charge in [0.15, 0.2) is 10.1 Å². The van der Waals surface area contributed by atoms with Crippen LogP contribution in [0.5, 0.6) is 0 Å². The summed E-state index contributed by atoms with van der Waals surface area (Å²) in [5.41, 5.74) is 1.26. The summed E-state index contributed by atoms with van der Waals surface area (Å²) in [6, 6.07) is 12.2. The van der Waals surface area contributed by atoms with Crippen LogP contribution in [-0.2, 0) is 15.8 Å². The summed E-state index contributed by atoms with van der Waals surface area (Å²) in [6.07, 6.45) is 0. The fourth-order valence-corrected chi connectivity index (χ4v) is 5.02. The van der Waals surface area contributed by atoms with Crippen LogP contribution >= 0.6 is 23.1 Å². The first-order chi connectivity index (χ1) is 14.3. The van der Waals surface area contributed by atoms with E-state index in [0.29, 0.717) is 20.8 Å². The van der Waals surface area contributed by atoms with Crippen molar-refractivity contribution in [2.75, 3.05) is 26.0 Å². The molecule has 0 saturated heterocycles. The van der Waals surface area contributed by atoms with Gasteiger partial charge in [0.25, 0.3) is 0 Å². The summed E-state index contributed by atoms with van der Waals surface area (Å²) >= 11 is 2.77. The molecule has 3 rings (SSSR count). The molecular formula is C19H19FN4O3S3. The van der Waals surface area contributed by atoms with Crippen molar-refractivity contribution >= 4 is 44.0 Å². The first kappa shape index (κ1) is 22.3. The number of carbonyl (C=O) groups is 1. The Bertz CT molecular complexity index is 1130. The minimum Gasteiger partial charge on any atom is -0.353 e. The number of aromatic nitrogens is 2. The summed E-state index contributed by atoms with van der Waals surface area (Å²) in [6.45, 7) is -0.0390. The van der Waals surface area contributed by atoms with Gasteiger partial charge in [-0.15, -0.1) is 10.2 Å². The second-order valence-electron chi connectivity index (χ2n) is 6.38. The quantitative estimate of drug-likeness (QED) is 0.381. The number of anilines is 1. The van der Waals surface area contributed by atoms with Crippen LogP contribution in [0.4, 0.5) is 9.52 Å². The van der Waals surface area contributed by atoms with Gasteiger partial charge in [0, 0.05) is 25.4 Å². The maximum atomic E-state index is 12.9. The summed E-state index contributed by atoms with van der Waals surface area (Å²) in [5, 5.41) is 11.5. The predicted molar refractivity (Wildman–Crippen MR) is 116 cm³/mol. The van der Waals surface area contributed by atoms with E-state index < -0.39 is 10.0 Å². The third-order valence-electron chi connectivity index (χ3n) is 4.02. The molecule has 0 amide bonds. The summed E-state index contributed by atoms with van der Waals surface area (Å²) < 4.78 is 39.2. The number of thioether (sulfide) groups is 1. The Hall–Kier alpha value is -2.34. The van der Waals surface area contributed by atoms with Crippen LogP contribution in [0.15, 0.2) is 57.8 Å². The molecule has 1 aromatic heterocycles. The van der Waals surface area contributed by atoms with Crippen LogP contribution in [0.3, 0.4) is 0 Å². The molecule has 7 nitrogen and oxygen atoms in total. The number of carbonyl (C=O) groups excluding carboxylic acids is 1. The largest absolute Gasteiger partial charge is 0.353 e. The Morgan fingerprint density at radius 2 is 1.90 bits per heavy atom. The fourth-order valence-electron chi connectivity index (χ4n) is 2.36. The van der Waals surface area contributed by atoms with Crippen LogP contribution in [0.2, 0.25) is 0 Å². The lowest BCUT2D eigenvalue weighted by Gasteiger charge is -2.12. The Labute approximate surface area is 182 Å². The second-order valence-corrected chi connectivity index (χ2v) is 10.7. The molecule has 0 fully saturated rings. The molecule has 1 heterocycles. The first-order valence-corrected chi connectivity index (χ1v) is 12.0. The monoisotopic (exact) mass is 466 g/mol. The van der Waals surface area contributed by atoms with Crippen molar-refractivity contribution in [3.05, 3.63) is 65.5 Å². The van der Waals surface area contributed by atoms with Crippen molar-refractivity contribution in [3.63, 3.8) is 0 Å². The van der Waals surface area contributed by atoms with Gasteiger partial charge >= 0.3 is 0 Å². The first-order valence-electron chi connectivity index (χ1n) is 8.76. The van der Waals surface area contributed by atoms with Gasteiger partial charge in [0.05, 0.1) is 11.4 Å². The zero-order valence-electron chi connectivity index (χ0n) is 16.2. The molecule has 2 aromatic carbocycles. The number of nitrogens with one attached hydrogen (secondary N) is 1. The molecule has 0 saturated carbocycles. The highest BCUT2D eigenvalue weighted by molar-refractivity contribution is 8.00. The van der Waals surface area contributed by atoms with Gasteiger partial charge in [-0.1, -0.05) is 47.4 Å². The molecule has 3 aromatic rings. The minimum absolute atomic E-state index is 0.0390. The van der Waals surface area contributed by atoms with E-state index in [1.54, 1.807) is 24.3 Å². The normalized spacial score (nSPS) is 11.6.